The molecule has 1 aromatic rings. The average Bonchev–Trinajstić information content (AvgIpc) is 2.23. The van der Waals surface area contributed by atoms with E-state index in [-0.39, 0.29) is 0 Å². The van der Waals surface area contributed by atoms with Crippen molar-refractivity contribution in [2.45, 2.75) is 41.0 Å². The summed E-state index contributed by atoms with van der Waals surface area (Å²) in [6.45, 7) is 10.3. The Bertz CT molecular complexity index is 206. The van der Waals surface area contributed by atoms with Crippen LogP contribution in [0.4, 0.5) is 0 Å². The quantitative estimate of drug-likeness (QED) is 0.645. The molecule has 0 aromatic heterocycles. The molecule has 0 heterocycles. The van der Waals surface area contributed by atoms with Crippen molar-refractivity contribution in [1.82, 2.24) is 0 Å². The molecular formula is C13H24O. The van der Waals surface area contributed by atoms with E-state index in [2.05, 4.69) is 13.8 Å². The predicted octanol–water partition coefficient (Wildman–Crippen LogP) is 4.45. The number of methoxy groups -OCH3 is 1. The standard InChI is InChI=1S/C8H10O.C3H8.C2H6/c1-7-5-3-4-6-8(7)9-2;1-3-2;1-2/h3-6H,1-2H3;3H2,1-2H3;1-2H3. The van der Waals surface area contributed by atoms with Gasteiger partial charge in [0.05, 0.1) is 7.11 Å². The maximum absolute atomic E-state index is 5.04. The topological polar surface area (TPSA) is 9.23 Å². The second kappa shape index (κ2) is 12.0. The van der Waals surface area contributed by atoms with Gasteiger partial charge in [0.25, 0.3) is 0 Å². The van der Waals surface area contributed by atoms with E-state index in [1.54, 1.807) is 7.11 Å². The van der Waals surface area contributed by atoms with Gasteiger partial charge >= 0.3 is 0 Å². The molecule has 1 heteroatoms. The number of rotatable bonds is 1. The predicted molar refractivity (Wildman–Crippen MR) is 65.0 cm³/mol. The molecule has 0 unspecified atom stereocenters. The molecule has 82 valence electrons. The molecule has 1 aromatic carbocycles. The number of hydrogen-bond donors (Lipinski definition) is 0. The first kappa shape index (κ1) is 15.5. The lowest BCUT2D eigenvalue weighted by Gasteiger charge is -2.00. The summed E-state index contributed by atoms with van der Waals surface area (Å²) in [6.07, 6.45) is 1.25. The zero-order valence-electron chi connectivity index (χ0n) is 10.4. The summed E-state index contributed by atoms with van der Waals surface area (Å²) in [7, 11) is 1.68. The normalized spacial score (nSPS) is 7.57. The van der Waals surface area contributed by atoms with Crippen molar-refractivity contribution < 1.29 is 4.74 Å². The zero-order chi connectivity index (χ0) is 11.4. The molecule has 14 heavy (non-hydrogen) atoms. The summed E-state index contributed by atoms with van der Waals surface area (Å²) in [5, 5.41) is 0. The van der Waals surface area contributed by atoms with Crippen LogP contribution in [0.25, 0.3) is 0 Å². The van der Waals surface area contributed by atoms with Crippen molar-refractivity contribution in [2.75, 3.05) is 7.11 Å². The van der Waals surface area contributed by atoms with Crippen molar-refractivity contribution in [3.63, 3.8) is 0 Å². The first-order chi connectivity index (χ1) is 6.76. The minimum absolute atomic E-state index is 0.956. The first-order valence-electron chi connectivity index (χ1n) is 5.35. The fourth-order valence-electron chi connectivity index (χ4n) is 0.785. The molecule has 0 N–H and O–H groups in total. The fraction of sp³-hybridized carbons (Fsp3) is 0.538. The molecule has 1 rings (SSSR count). The highest BCUT2D eigenvalue weighted by Gasteiger charge is 1.90. The van der Waals surface area contributed by atoms with Crippen LogP contribution < -0.4 is 4.74 Å². The van der Waals surface area contributed by atoms with Crippen molar-refractivity contribution >= 4 is 0 Å². The third kappa shape index (κ3) is 7.66. The largest absolute Gasteiger partial charge is 0.496 e. The third-order valence-corrected chi connectivity index (χ3v) is 1.31. The minimum Gasteiger partial charge on any atom is -0.496 e. The highest BCUT2D eigenvalue weighted by molar-refractivity contribution is 5.31. The van der Waals surface area contributed by atoms with Crippen LogP contribution in [0.3, 0.4) is 0 Å². The minimum atomic E-state index is 0.956. The molecule has 0 bridgehead atoms. The fourth-order valence-corrected chi connectivity index (χ4v) is 0.785. The lowest BCUT2D eigenvalue weighted by molar-refractivity contribution is 0.411. The van der Waals surface area contributed by atoms with E-state index in [4.69, 9.17) is 4.74 Å². The van der Waals surface area contributed by atoms with Gasteiger partial charge in [-0.15, -0.1) is 0 Å². The molecule has 1 nitrogen and oxygen atoms in total. The highest BCUT2D eigenvalue weighted by Crippen LogP contribution is 2.14. The van der Waals surface area contributed by atoms with Crippen molar-refractivity contribution in [3.8, 4) is 5.75 Å². The summed E-state index contributed by atoms with van der Waals surface area (Å²) in [4.78, 5) is 0. The number of para-hydroxylation sites is 1. The second-order valence-electron chi connectivity index (χ2n) is 2.68. The van der Waals surface area contributed by atoms with Gasteiger partial charge in [-0.2, -0.15) is 0 Å². The molecule has 0 saturated heterocycles. The van der Waals surface area contributed by atoms with Crippen LogP contribution in [0.2, 0.25) is 0 Å². The Morgan fingerprint density at radius 3 is 1.79 bits per heavy atom. The molecule has 0 aliphatic rings. The Labute approximate surface area is 89.1 Å². The van der Waals surface area contributed by atoms with Crippen LogP contribution in [0.15, 0.2) is 24.3 Å². The van der Waals surface area contributed by atoms with E-state index in [0.717, 1.165) is 5.75 Å². The summed E-state index contributed by atoms with van der Waals surface area (Å²) < 4.78 is 5.04. The van der Waals surface area contributed by atoms with E-state index in [1.807, 2.05) is 45.0 Å². The third-order valence-electron chi connectivity index (χ3n) is 1.31. The van der Waals surface area contributed by atoms with E-state index in [1.165, 1.54) is 12.0 Å². The van der Waals surface area contributed by atoms with Gasteiger partial charge in [0.1, 0.15) is 5.75 Å². The summed E-state index contributed by atoms with van der Waals surface area (Å²) in [5.74, 6) is 0.956. The Balaban J connectivity index is 0. The van der Waals surface area contributed by atoms with Gasteiger partial charge in [-0.1, -0.05) is 52.3 Å². The van der Waals surface area contributed by atoms with Crippen LogP contribution >= 0.6 is 0 Å². The molecule has 0 amide bonds. The molecular weight excluding hydrogens is 172 g/mol. The number of ether oxygens (including phenoxy) is 1. The molecule has 0 fully saturated rings. The van der Waals surface area contributed by atoms with E-state index in [9.17, 15) is 0 Å². The van der Waals surface area contributed by atoms with Crippen LogP contribution in [-0.4, -0.2) is 7.11 Å². The summed E-state index contributed by atoms with van der Waals surface area (Å²) in [6, 6.07) is 7.94. The van der Waals surface area contributed by atoms with Crippen molar-refractivity contribution in [3.05, 3.63) is 29.8 Å². The maximum atomic E-state index is 5.04. The summed E-state index contributed by atoms with van der Waals surface area (Å²) in [5.41, 5.74) is 1.18. The Morgan fingerprint density at radius 1 is 1.07 bits per heavy atom. The monoisotopic (exact) mass is 196 g/mol. The Kier molecular flexibility index (Phi) is 13.3. The Morgan fingerprint density at radius 2 is 1.50 bits per heavy atom. The van der Waals surface area contributed by atoms with Gasteiger partial charge in [-0.05, 0) is 18.6 Å². The van der Waals surface area contributed by atoms with Gasteiger partial charge in [0.15, 0.2) is 0 Å². The van der Waals surface area contributed by atoms with Crippen LogP contribution in [-0.2, 0) is 0 Å². The van der Waals surface area contributed by atoms with Gasteiger partial charge in [0, 0.05) is 0 Å². The smallest absolute Gasteiger partial charge is 0.121 e. The van der Waals surface area contributed by atoms with Crippen molar-refractivity contribution in [1.29, 1.82) is 0 Å². The average molecular weight is 196 g/mol. The Hall–Kier alpha value is -0.980. The molecule has 0 radical (unpaired) electrons. The van der Waals surface area contributed by atoms with Crippen LogP contribution in [0.5, 0.6) is 5.75 Å². The van der Waals surface area contributed by atoms with Crippen LogP contribution in [0, 0.1) is 6.92 Å². The van der Waals surface area contributed by atoms with E-state index < -0.39 is 0 Å². The van der Waals surface area contributed by atoms with Gasteiger partial charge < -0.3 is 4.74 Å². The van der Waals surface area contributed by atoms with Crippen LogP contribution in [0.1, 0.15) is 39.7 Å². The second-order valence-corrected chi connectivity index (χ2v) is 2.68. The van der Waals surface area contributed by atoms with Gasteiger partial charge in [0.2, 0.25) is 0 Å². The number of benzene rings is 1. The lowest BCUT2D eigenvalue weighted by Crippen LogP contribution is -1.84. The zero-order valence-corrected chi connectivity index (χ0v) is 10.4. The number of hydrogen-bond acceptors (Lipinski definition) is 1. The van der Waals surface area contributed by atoms with Gasteiger partial charge in [-0.25, -0.2) is 0 Å². The molecule has 0 atom stereocenters. The SMILES string of the molecule is CC.CCC.COc1ccccc1C. The van der Waals surface area contributed by atoms with Gasteiger partial charge in [-0.3, -0.25) is 0 Å². The summed E-state index contributed by atoms with van der Waals surface area (Å²) >= 11 is 0. The highest BCUT2D eigenvalue weighted by atomic mass is 16.5. The molecule has 0 aliphatic heterocycles. The first-order valence-corrected chi connectivity index (χ1v) is 5.35. The molecule has 0 spiro atoms. The maximum Gasteiger partial charge on any atom is 0.121 e. The molecule has 0 saturated carbocycles. The van der Waals surface area contributed by atoms with E-state index >= 15 is 0 Å². The van der Waals surface area contributed by atoms with E-state index in [0.29, 0.717) is 0 Å². The molecule has 0 aliphatic carbocycles. The number of aryl methyl sites for hydroxylation is 1. The van der Waals surface area contributed by atoms with Crippen molar-refractivity contribution in [2.24, 2.45) is 0 Å². The lowest BCUT2D eigenvalue weighted by atomic mass is 10.2.